The van der Waals surface area contributed by atoms with Crippen molar-refractivity contribution >= 4 is 15.6 Å². The molecule has 0 saturated heterocycles. The predicted octanol–water partition coefficient (Wildman–Crippen LogP) is 4.41. The summed E-state index contributed by atoms with van der Waals surface area (Å²) in [5.74, 6) is 1.25. The second-order valence-electron chi connectivity index (χ2n) is 8.14. The van der Waals surface area contributed by atoms with Crippen LogP contribution in [0.25, 0.3) is 0 Å². The van der Waals surface area contributed by atoms with Crippen molar-refractivity contribution in [2.24, 2.45) is 17.3 Å². The minimum Gasteiger partial charge on any atom is -0.299 e. The Bertz CT molecular complexity index is 875. The van der Waals surface area contributed by atoms with Crippen LogP contribution in [0.15, 0.2) is 23.1 Å². The monoisotopic (exact) mass is 386 g/mol. The number of fused-ring (bicyclic) bond motifs is 5. The van der Waals surface area contributed by atoms with Crippen LogP contribution in [0, 0.1) is 17.3 Å². The van der Waals surface area contributed by atoms with Gasteiger partial charge in [-0.15, -0.1) is 0 Å². The molecule has 0 aromatic heterocycles. The van der Waals surface area contributed by atoms with Gasteiger partial charge in [-0.3, -0.25) is 4.79 Å². The fourth-order valence-electron chi connectivity index (χ4n) is 5.63. The molecule has 0 bridgehead atoms. The van der Waals surface area contributed by atoms with Crippen LogP contribution in [0.2, 0.25) is 0 Å². The average Bonchev–Trinajstić information content (AvgIpc) is 2.88. The topological polar surface area (TPSA) is 51.2 Å². The zero-order valence-corrected chi connectivity index (χ0v) is 15.3. The van der Waals surface area contributed by atoms with E-state index in [0.717, 1.165) is 37.3 Å². The van der Waals surface area contributed by atoms with E-state index in [1.807, 2.05) is 0 Å². The highest BCUT2D eigenvalue weighted by atomic mass is 32.2. The summed E-state index contributed by atoms with van der Waals surface area (Å²) >= 11 is 0. The number of aryl methyl sites for hydroxylation is 1. The Hall–Kier alpha value is -1.37. The lowest BCUT2D eigenvalue weighted by molar-refractivity contribution is -0.129. The smallest absolute Gasteiger partial charge is 0.299 e. The Morgan fingerprint density at radius 2 is 1.85 bits per heavy atom. The Morgan fingerprint density at radius 1 is 1.12 bits per heavy atom. The summed E-state index contributed by atoms with van der Waals surface area (Å²) in [6, 6.07) is 3.88. The van der Waals surface area contributed by atoms with E-state index < -0.39 is 20.2 Å². The summed E-state index contributed by atoms with van der Waals surface area (Å²) in [5, 5.41) is 0. The third-order valence-corrected chi connectivity index (χ3v) is 8.51. The summed E-state index contributed by atoms with van der Waals surface area (Å²) in [6.45, 7) is 2.07. The SMILES string of the molecule is C[C@]12CC[C@@H]3c4ccc(S(=O)(=O)C(F)(F)F)cc4CC[C@H]3[C@@H]1CCC2=O. The minimum atomic E-state index is -5.32. The number of carbonyl (C=O) groups excluding carboxylic acids is 1. The average molecular weight is 386 g/mol. The van der Waals surface area contributed by atoms with E-state index in [1.54, 1.807) is 6.07 Å². The highest BCUT2D eigenvalue weighted by Crippen LogP contribution is 2.59. The van der Waals surface area contributed by atoms with Gasteiger partial charge in [0.25, 0.3) is 9.84 Å². The van der Waals surface area contributed by atoms with Crippen LogP contribution >= 0.6 is 0 Å². The van der Waals surface area contributed by atoms with Gasteiger partial charge in [0, 0.05) is 11.8 Å². The second kappa shape index (κ2) is 5.57. The molecule has 2 fully saturated rings. The number of rotatable bonds is 1. The lowest BCUT2D eigenvalue weighted by atomic mass is 9.55. The molecule has 2 saturated carbocycles. The van der Waals surface area contributed by atoms with E-state index in [9.17, 15) is 26.4 Å². The van der Waals surface area contributed by atoms with Crippen molar-refractivity contribution in [2.75, 3.05) is 0 Å². The first-order chi connectivity index (χ1) is 12.1. The third kappa shape index (κ3) is 2.38. The Labute approximate surface area is 150 Å². The van der Waals surface area contributed by atoms with Gasteiger partial charge in [-0.05, 0) is 73.1 Å². The second-order valence-corrected chi connectivity index (χ2v) is 10.1. The van der Waals surface area contributed by atoms with Crippen LogP contribution in [0.5, 0.6) is 0 Å². The molecule has 26 heavy (non-hydrogen) atoms. The molecule has 1 aromatic carbocycles. The first-order valence-corrected chi connectivity index (χ1v) is 10.5. The summed E-state index contributed by atoms with van der Waals surface area (Å²) in [6.07, 6.45) is 4.53. The van der Waals surface area contributed by atoms with Gasteiger partial charge in [0.05, 0.1) is 4.90 Å². The molecule has 142 valence electrons. The van der Waals surface area contributed by atoms with E-state index in [1.165, 1.54) is 6.07 Å². The maximum Gasteiger partial charge on any atom is 0.501 e. The number of hydrogen-bond acceptors (Lipinski definition) is 3. The highest BCUT2D eigenvalue weighted by Gasteiger charge is 2.54. The van der Waals surface area contributed by atoms with Gasteiger partial charge >= 0.3 is 5.51 Å². The normalized spacial score (nSPS) is 34.2. The summed E-state index contributed by atoms with van der Waals surface area (Å²) in [5.41, 5.74) is -3.85. The molecular formula is C19H21F3O3S. The van der Waals surface area contributed by atoms with Gasteiger partial charge < -0.3 is 0 Å². The standard InChI is InChI=1S/C19H21F3O3S/c1-18-9-8-14-13-5-3-12(26(24,25)19(20,21)22)10-11(13)2-4-15(14)16(18)6-7-17(18)23/h3,5,10,14-16H,2,4,6-9H2,1H3/t14-,15-,16+,18+/m1/s1. The third-order valence-electron chi connectivity index (χ3n) is 7.02. The molecular weight excluding hydrogens is 365 g/mol. The summed E-state index contributed by atoms with van der Waals surface area (Å²) < 4.78 is 61.9. The molecule has 3 nitrogen and oxygen atoms in total. The molecule has 1 aromatic rings. The number of halogens is 3. The molecule has 0 unspecified atom stereocenters. The number of carbonyl (C=O) groups is 1. The number of Topliss-reactive ketones (excluding diaryl/α,β-unsaturated/α-hetero) is 1. The van der Waals surface area contributed by atoms with Crippen LogP contribution in [0.4, 0.5) is 13.2 Å². The Morgan fingerprint density at radius 3 is 2.54 bits per heavy atom. The molecule has 0 spiro atoms. The first kappa shape index (κ1) is 18.0. The molecule has 3 aliphatic carbocycles. The number of sulfone groups is 1. The molecule has 4 atom stereocenters. The van der Waals surface area contributed by atoms with Crippen molar-refractivity contribution in [3.63, 3.8) is 0 Å². The molecule has 0 heterocycles. The van der Waals surface area contributed by atoms with Gasteiger partial charge in [0.2, 0.25) is 0 Å². The molecule has 4 rings (SSSR count). The van der Waals surface area contributed by atoms with E-state index in [0.29, 0.717) is 36.0 Å². The van der Waals surface area contributed by atoms with Gasteiger partial charge in [0.1, 0.15) is 5.78 Å². The maximum atomic E-state index is 12.8. The lowest BCUT2D eigenvalue weighted by Crippen LogP contribution is -2.42. The van der Waals surface area contributed by atoms with Crippen LogP contribution in [-0.4, -0.2) is 19.7 Å². The predicted molar refractivity (Wildman–Crippen MR) is 89.3 cm³/mol. The first-order valence-electron chi connectivity index (χ1n) is 9.03. The van der Waals surface area contributed by atoms with Crippen molar-refractivity contribution in [2.45, 2.75) is 61.8 Å². The van der Waals surface area contributed by atoms with Gasteiger partial charge in [-0.1, -0.05) is 13.0 Å². The molecule has 0 aliphatic heterocycles. The van der Waals surface area contributed by atoms with E-state index >= 15 is 0 Å². The van der Waals surface area contributed by atoms with Gasteiger partial charge in [-0.25, -0.2) is 8.42 Å². The zero-order valence-electron chi connectivity index (χ0n) is 14.5. The van der Waals surface area contributed by atoms with Crippen LogP contribution in [0.3, 0.4) is 0 Å². The van der Waals surface area contributed by atoms with Crippen molar-refractivity contribution in [3.05, 3.63) is 29.3 Å². The van der Waals surface area contributed by atoms with Crippen LogP contribution in [-0.2, 0) is 21.1 Å². The van der Waals surface area contributed by atoms with Crippen molar-refractivity contribution in [1.29, 1.82) is 0 Å². The molecule has 0 N–H and O–H groups in total. The zero-order chi connectivity index (χ0) is 18.9. The lowest BCUT2D eigenvalue weighted by Gasteiger charge is -2.48. The summed E-state index contributed by atoms with van der Waals surface area (Å²) in [7, 11) is -5.32. The van der Waals surface area contributed by atoms with Crippen molar-refractivity contribution in [3.8, 4) is 0 Å². The molecule has 7 heteroatoms. The largest absolute Gasteiger partial charge is 0.501 e. The fraction of sp³-hybridized carbons (Fsp3) is 0.632. The van der Waals surface area contributed by atoms with E-state index in [4.69, 9.17) is 0 Å². The summed E-state index contributed by atoms with van der Waals surface area (Å²) in [4.78, 5) is 11.7. The number of benzene rings is 1. The molecule has 0 radical (unpaired) electrons. The van der Waals surface area contributed by atoms with Gasteiger partial charge in [0.15, 0.2) is 0 Å². The maximum absolute atomic E-state index is 12.8. The van der Waals surface area contributed by atoms with E-state index in [-0.39, 0.29) is 11.3 Å². The molecule has 3 aliphatic rings. The van der Waals surface area contributed by atoms with Gasteiger partial charge in [-0.2, -0.15) is 13.2 Å². The molecule has 0 amide bonds. The number of hydrogen-bond donors (Lipinski definition) is 0. The Balaban J connectivity index is 1.70. The minimum absolute atomic E-state index is 0.213. The fourth-order valence-corrected chi connectivity index (χ4v) is 6.44. The number of alkyl halides is 3. The Kier molecular flexibility index (Phi) is 3.86. The van der Waals surface area contributed by atoms with Crippen molar-refractivity contribution in [1.82, 2.24) is 0 Å². The number of ketones is 1. The highest BCUT2D eigenvalue weighted by molar-refractivity contribution is 7.92. The van der Waals surface area contributed by atoms with Crippen LogP contribution < -0.4 is 0 Å². The van der Waals surface area contributed by atoms with Crippen LogP contribution in [0.1, 0.15) is 56.1 Å². The van der Waals surface area contributed by atoms with Crippen molar-refractivity contribution < 1.29 is 26.4 Å². The quantitative estimate of drug-likeness (QED) is 0.719. The van der Waals surface area contributed by atoms with E-state index in [2.05, 4.69) is 6.92 Å².